The van der Waals surface area contributed by atoms with Crippen LogP contribution in [-0.2, 0) is 28.2 Å². The fraction of sp³-hybridized carbons (Fsp3) is 0.957. The molecule has 32 heavy (non-hydrogen) atoms. The van der Waals surface area contributed by atoms with Crippen LogP contribution in [0.15, 0.2) is 0 Å². The third-order valence-corrected chi connectivity index (χ3v) is 11.3. The molecule has 0 unspecified atom stereocenters. The van der Waals surface area contributed by atoms with Crippen LogP contribution in [0.4, 0.5) is 0 Å². The van der Waals surface area contributed by atoms with Crippen LogP contribution < -0.4 is 0 Å². The van der Waals surface area contributed by atoms with Crippen molar-refractivity contribution in [2.75, 3.05) is 27.6 Å². The van der Waals surface area contributed by atoms with E-state index in [0.717, 1.165) is 0 Å². The van der Waals surface area contributed by atoms with Crippen molar-refractivity contribution in [1.29, 1.82) is 0 Å². The van der Waals surface area contributed by atoms with Gasteiger partial charge in [0.2, 0.25) is 0 Å². The molecular formula is C23H46O8Si. The predicted octanol–water partition coefficient (Wildman–Crippen LogP) is 3.25. The largest absolute Gasteiger partial charge is 0.469 e. The van der Waals surface area contributed by atoms with E-state index >= 15 is 0 Å². The SMILES string of the molecule is COCOC[C@]1(O)[C@@H](O[Si](C)(C)C(C)(C)C)C[C@H](OC(C)(C)C)[C@@](C)(CC(=O)OC)[C@H]1O. The standard InChI is InChI=1S/C23H46O8Si/c1-20(2,3)30-16-12-17(31-32(10,11)21(4,5)6)23(26,14-29-15-27-8)19(25)22(16,7)13-18(24)28-9/h16-17,19,25-26H,12-15H2,1-11H3/t16-,17-,19+,22+,23-/m0/s1. The summed E-state index contributed by atoms with van der Waals surface area (Å²) in [6.07, 6.45) is -2.52. The Bertz CT molecular complexity index is 626. The van der Waals surface area contributed by atoms with E-state index < -0.39 is 49.2 Å². The maximum Gasteiger partial charge on any atom is 0.306 e. The average molecular weight is 479 g/mol. The molecule has 1 aliphatic rings. The number of methoxy groups -OCH3 is 2. The molecular weight excluding hydrogens is 432 g/mol. The molecule has 0 spiro atoms. The maximum atomic E-state index is 12.3. The van der Waals surface area contributed by atoms with E-state index in [4.69, 9.17) is 23.4 Å². The molecule has 0 heterocycles. The number of aliphatic hydroxyl groups is 2. The fourth-order valence-electron chi connectivity index (χ4n) is 3.94. The van der Waals surface area contributed by atoms with Crippen molar-refractivity contribution in [3.05, 3.63) is 0 Å². The van der Waals surface area contributed by atoms with Gasteiger partial charge in [-0.3, -0.25) is 4.79 Å². The first-order valence-electron chi connectivity index (χ1n) is 11.2. The van der Waals surface area contributed by atoms with Crippen molar-refractivity contribution in [3.8, 4) is 0 Å². The van der Waals surface area contributed by atoms with Crippen LogP contribution in [0.5, 0.6) is 0 Å². The summed E-state index contributed by atoms with van der Waals surface area (Å²) in [6.45, 7) is 17.8. The molecule has 0 aromatic rings. The highest BCUT2D eigenvalue weighted by Crippen LogP contribution is 2.50. The molecule has 5 atom stereocenters. The summed E-state index contributed by atoms with van der Waals surface area (Å²) < 4.78 is 28.4. The Morgan fingerprint density at radius 3 is 2.09 bits per heavy atom. The minimum absolute atomic E-state index is 0.0442. The Morgan fingerprint density at radius 2 is 1.66 bits per heavy atom. The predicted molar refractivity (Wildman–Crippen MR) is 125 cm³/mol. The first-order valence-corrected chi connectivity index (χ1v) is 14.1. The molecule has 0 bridgehead atoms. The second-order valence-electron chi connectivity index (χ2n) is 11.7. The highest BCUT2D eigenvalue weighted by molar-refractivity contribution is 6.74. The lowest BCUT2D eigenvalue weighted by atomic mass is 9.61. The van der Waals surface area contributed by atoms with Gasteiger partial charge < -0.3 is 33.6 Å². The zero-order valence-corrected chi connectivity index (χ0v) is 22.9. The third kappa shape index (κ3) is 6.74. The van der Waals surface area contributed by atoms with Crippen LogP contribution in [0.1, 0.15) is 61.3 Å². The van der Waals surface area contributed by atoms with Gasteiger partial charge >= 0.3 is 5.97 Å². The van der Waals surface area contributed by atoms with Gasteiger partial charge in [-0.2, -0.15) is 0 Å². The van der Waals surface area contributed by atoms with Gasteiger partial charge in [0.05, 0.1) is 44.1 Å². The Labute approximate surface area is 195 Å². The van der Waals surface area contributed by atoms with Crippen LogP contribution in [0.2, 0.25) is 18.1 Å². The van der Waals surface area contributed by atoms with Gasteiger partial charge in [0.25, 0.3) is 0 Å². The monoisotopic (exact) mass is 478 g/mol. The van der Waals surface area contributed by atoms with Crippen LogP contribution in [-0.4, -0.2) is 81.6 Å². The fourth-order valence-corrected chi connectivity index (χ4v) is 5.30. The number of hydrogen-bond donors (Lipinski definition) is 2. The first kappa shape index (κ1) is 29.5. The van der Waals surface area contributed by atoms with Crippen LogP contribution in [0, 0.1) is 5.41 Å². The molecule has 0 aromatic heterocycles. The maximum absolute atomic E-state index is 12.3. The molecule has 0 aliphatic heterocycles. The Balaban J connectivity index is 3.51. The normalized spacial score (nSPS) is 32.1. The molecule has 190 valence electrons. The van der Waals surface area contributed by atoms with Gasteiger partial charge in [0.15, 0.2) is 8.32 Å². The van der Waals surface area contributed by atoms with Crippen molar-refractivity contribution in [2.45, 2.75) is 109 Å². The van der Waals surface area contributed by atoms with Gasteiger partial charge in [-0.05, 0) is 38.9 Å². The van der Waals surface area contributed by atoms with E-state index in [1.165, 1.54) is 14.2 Å². The van der Waals surface area contributed by atoms with E-state index in [0.29, 0.717) is 6.42 Å². The highest BCUT2D eigenvalue weighted by Gasteiger charge is 2.63. The van der Waals surface area contributed by atoms with Gasteiger partial charge in [0, 0.05) is 18.9 Å². The smallest absolute Gasteiger partial charge is 0.306 e. The van der Waals surface area contributed by atoms with Crippen molar-refractivity contribution >= 4 is 14.3 Å². The van der Waals surface area contributed by atoms with E-state index in [9.17, 15) is 15.0 Å². The number of ether oxygens (including phenoxy) is 4. The molecule has 1 rings (SSSR count). The zero-order chi connectivity index (χ0) is 25.2. The Kier molecular flexibility index (Phi) is 9.56. The topological polar surface area (TPSA) is 104 Å². The number of carbonyl (C=O) groups excluding carboxylic acids is 1. The number of esters is 1. The minimum Gasteiger partial charge on any atom is -0.469 e. The van der Waals surface area contributed by atoms with Gasteiger partial charge in [-0.15, -0.1) is 0 Å². The summed E-state index contributed by atoms with van der Waals surface area (Å²) in [6, 6.07) is 0. The third-order valence-electron chi connectivity index (χ3n) is 6.85. The first-order chi connectivity index (χ1) is 14.3. The average Bonchev–Trinajstić information content (AvgIpc) is 2.62. The van der Waals surface area contributed by atoms with Crippen molar-refractivity contribution < 1.29 is 38.4 Å². The number of hydrogen-bond acceptors (Lipinski definition) is 8. The van der Waals surface area contributed by atoms with E-state index in [1.54, 1.807) is 6.92 Å². The Morgan fingerprint density at radius 1 is 1.09 bits per heavy atom. The zero-order valence-electron chi connectivity index (χ0n) is 21.9. The van der Waals surface area contributed by atoms with Crippen LogP contribution in [0.25, 0.3) is 0 Å². The summed E-state index contributed by atoms with van der Waals surface area (Å²) in [5, 5.41) is 23.3. The summed E-state index contributed by atoms with van der Waals surface area (Å²) in [4.78, 5) is 12.3. The van der Waals surface area contributed by atoms with E-state index in [-0.39, 0.29) is 24.9 Å². The number of carbonyl (C=O) groups is 1. The molecule has 8 nitrogen and oxygen atoms in total. The summed E-state index contributed by atoms with van der Waals surface area (Å²) in [7, 11) is 0.452. The second kappa shape index (κ2) is 10.4. The van der Waals surface area contributed by atoms with Crippen molar-refractivity contribution in [3.63, 3.8) is 0 Å². The van der Waals surface area contributed by atoms with E-state index in [2.05, 4.69) is 33.9 Å². The summed E-state index contributed by atoms with van der Waals surface area (Å²) >= 11 is 0. The molecule has 1 aliphatic carbocycles. The second-order valence-corrected chi connectivity index (χ2v) is 16.5. The molecule has 9 heteroatoms. The lowest BCUT2D eigenvalue weighted by Crippen LogP contribution is -2.71. The number of rotatable bonds is 9. The molecule has 0 aromatic carbocycles. The highest BCUT2D eigenvalue weighted by atomic mass is 28.4. The summed E-state index contributed by atoms with van der Waals surface area (Å²) in [5.74, 6) is -0.488. The minimum atomic E-state index is -2.34. The molecule has 1 fully saturated rings. The van der Waals surface area contributed by atoms with Gasteiger partial charge in [-0.25, -0.2) is 0 Å². The molecule has 0 radical (unpaired) electrons. The number of aliphatic hydroxyl groups excluding tert-OH is 1. The van der Waals surface area contributed by atoms with Crippen LogP contribution >= 0.6 is 0 Å². The van der Waals surface area contributed by atoms with Crippen molar-refractivity contribution in [2.24, 2.45) is 5.41 Å². The van der Waals surface area contributed by atoms with Crippen LogP contribution in [0.3, 0.4) is 0 Å². The molecule has 2 N–H and O–H groups in total. The molecule has 1 saturated carbocycles. The lowest BCUT2D eigenvalue weighted by molar-refractivity contribution is -0.278. The molecule has 0 amide bonds. The quantitative estimate of drug-likeness (QED) is 0.225. The Hall–Kier alpha value is -0.553. The molecule has 0 saturated heterocycles. The van der Waals surface area contributed by atoms with Gasteiger partial charge in [0.1, 0.15) is 12.4 Å². The van der Waals surface area contributed by atoms with E-state index in [1.807, 2.05) is 20.8 Å². The lowest BCUT2D eigenvalue weighted by Gasteiger charge is -2.57. The van der Waals surface area contributed by atoms with Crippen molar-refractivity contribution in [1.82, 2.24) is 0 Å². The summed E-state index contributed by atoms with van der Waals surface area (Å²) in [5.41, 5.74) is -3.43. The van der Waals surface area contributed by atoms with Gasteiger partial charge in [-0.1, -0.05) is 27.7 Å².